The largest absolute Gasteiger partial charge is 0.503 e. The molecular weight excluding hydrogens is 362 g/mol. The van der Waals surface area contributed by atoms with Gasteiger partial charge in [0.05, 0.1) is 26.0 Å². The normalized spacial score (nSPS) is 10.9. The first-order valence-corrected chi connectivity index (χ1v) is 8.20. The van der Waals surface area contributed by atoms with E-state index in [2.05, 4.69) is 15.0 Å². The van der Waals surface area contributed by atoms with Crippen molar-refractivity contribution < 1.29 is 23.7 Å². The smallest absolute Gasteiger partial charge is 0.341 e. The molecule has 0 aliphatic heterocycles. The van der Waals surface area contributed by atoms with Crippen LogP contribution in [0.15, 0.2) is 67.3 Å². The van der Waals surface area contributed by atoms with Crippen molar-refractivity contribution in [2.24, 2.45) is 0 Å². The molecule has 0 amide bonds. The summed E-state index contributed by atoms with van der Waals surface area (Å²) in [6, 6.07) is 12.2. The van der Waals surface area contributed by atoms with E-state index in [4.69, 9.17) is 18.9 Å². The maximum Gasteiger partial charge on any atom is 0.341 e. The molecule has 2 heterocycles. The first kappa shape index (κ1) is 18.8. The van der Waals surface area contributed by atoms with Gasteiger partial charge in [-0.05, 0) is 30.3 Å². The third-order valence-electron chi connectivity index (χ3n) is 3.47. The number of rotatable bonds is 7. The van der Waals surface area contributed by atoms with Crippen LogP contribution in [-0.2, 0) is 14.3 Å². The second-order valence-electron chi connectivity index (χ2n) is 5.33. The highest BCUT2D eigenvalue weighted by molar-refractivity contribution is 6.16. The van der Waals surface area contributed by atoms with E-state index in [1.165, 1.54) is 20.5 Å². The lowest BCUT2D eigenvalue weighted by atomic mass is 10.1. The number of ether oxygens (including phenoxy) is 4. The minimum absolute atomic E-state index is 0.179. The molecule has 8 heteroatoms. The number of methoxy groups -OCH3 is 2. The summed E-state index contributed by atoms with van der Waals surface area (Å²) < 4.78 is 21.3. The Bertz CT molecular complexity index is 976. The number of nitrogens with zero attached hydrogens (tertiary/aromatic N) is 3. The fourth-order valence-corrected chi connectivity index (χ4v) is 2.28. The van der Waals surface area contributed by atoms with Crippen molar-refractivity contribution in [2.45, 2.75) is 0 Å². The quantitative estimate of drug-likeness (QED) is 0.349. The number of carbonyl (C=O) groups is 1. The van der Waals surface area contributed by atoms with Gasteiger partial charge in [-0.15, -0.1) is 0 Å². The minimum atomic E-state index is -0.571. The number of carbonyl (C=O) groups excluding carboxylic acids is 1. The van der Waals surface area contributed by atoms with Gasteiger partial charge in [0.1, 0.15) is 17.1 Å². The predicted octanol–water partition coefficient (Wildman–Crippen LogP) is 3.62. The molecule has 0 N–H and O–H groups in total. The number of hydrogen-bond donors (Lipinski definition) is 0. The van der Waals surface area contributed by atoms with Gasteiger partial charge in [-0.2, -0.15) is 0 Å². The van der Waals surface area contributed by atoms with E-state index in [-0.39, 0.29) is 17.5 Å². The molecular formula is C20H17N3O5. The third-order valence-corrected chi connectivity index (χ3v) is 3.47. The Labute approximate surface area is 161 Å². The lowest BCUT2D eigenvalue weighted by molar-refractivity contribution is -0.133. The Morgan fingerprint density at radius 2 is 1.61 bits per heavy atom. The highest BCUT2D eigenvalue weighted by atomic mass is 16.5. The lowest BCUT2D eigenvalue weighted by Crippen LogP contribution is -2.06. The molecule has 0 spiro atoms. The molecule has 0 saturated heterocycles. The van der Waals surface area contributed by atoms with Crippen LogP contribution < -0.4 is 9.47 Å². The highest BCUT2D eigenvalue weighted by Gasteiger charge is 2.19. The molecule has 142 valence electrons. The molecule has 0 unspecified atom stereocenters. The Balaban J connectivity index is 1.87. The van der Waals surface area contributed by atoms with Gasteiger partial charge in [0.15, 0.2) is 0 Å². The van der Waals surface area contributed by atoms with E-state index in [0.29, 0.717) is 17.1 Å². The number of benzene rings is 1. The average Bonchev–Trinajstić information content (AvgIpc) is 2.73. The minimum Gasteiger partial charge on any atom is -0.503 e. The molecule has 1 aromatic carbocycles. The van der Waals surface area contributed by atoms with Crippen LogP contribution in [-0.4, -0.2) is 35.1 Å². The van der Waals surface area contributed by atoms with E-state index in [1.807, 2.05) is 0 Å². The van der Waals surface area contributed by atoms with E-state index in [1.54, 1.807) is 61.1 Å². The summed E-state index contributed by atoms with van der Waals surface area (Å²) in [5.41, 5.74) is 0.604. The number of pyridine rings is 1. The first-order chi connectivity index (χ1) is 13.7. The van der Waals surface area contributed by atoms with Crippen LogP contribution in [0.1, 0.15) is 5.56 Å². The maximum atomic E-state index is 12.1. The van der Waals surface area contributed by atoms with Crippen LogP contribution in [0.3, 0.4) is 0 Å². The molecule has 0 radical (unpaired) electrons. The van der Waals surface area contributed by atoms with Crippen molar-refractivity contribution in [1.82, 2.24) is 15.0 Å². The number of aromatic nitrogens is 3. The molecule has 0 bridgehead atoms. The van der Waals surface area contributed by atoms with Crippen molar-refractivity contribution in [3.05, 3.63) is 72.9 Å². The van der Waals surface area contributed by atoms with E-state index in [9.17, 15) is 4.79 Å². The number of hydrogen-bond acceptors (Lipinski definition) is 8. The topological polar surface area (TPSA) is 92.7 Å². The molecule has 3 rings (SSSR count). The van der Waals surface area contributed by atoms with Gasteiger partial charge < -0.3 is 18.9 Å². The Morgan fingerprint density at radius 1 is 0.893 bits per heavy atom. The Kier molecular flexibility index (Phi) is 6.14. The zero-order valence-electron chi connectivity index (χ0n) is 15.2. The predicted molar refractivity (Wildman–Crippen MR) is 99.9 cm³/mol. The van der Waals surface area contributed by atoms with Crippen molar-refractivity contribution in [2.75, 3.05) is 14.2 Å². The van der Waals surface area contributed by atoms with Crippen LogP contribution >= 0.6 is 0 Å². The molecule has 0 aliphatic carbocycles. The van der Waals surface area contributed by atoms with Gasteiger partial charge in [0, 0.05) is 24.7 Å². The monoisotopic (exact) mass is 379 g/mol. The summed E-state index contributed by atoms with van der Waals surface area (Å²) in [6.45, 7) is 0. The fourth-order valence-electron chi connectivity index (χ4n) is 2.28. The van der Waals surface area contributed by atoms with Crippen LogP contribution in [0.2, 0.25) is 0 Å². The van der Waals surface area contributed by atoms with Crippen molar-refractivity contribution in [3.63, 3.8) is 0 Å². The molecule has 0 saturated carbocycles. The highest BCUT2D eigenvalue weighted by Crippen LogP contribution is 2.31. The van der Waals surface area contributed by atoms with Gasteiger partial charge in [0.2, 0.25) is 5.88 Å². The summed E-state index contributed by atoms with van der Waals surface area (Å²) in [5.74, 6) is 0.583. The fraction of sp³-hybridized carbons (Fsp3) is 0.100. The molecule has 8 nitrogen and oxygen atoms in total. The maximum absolute atomic E-state index is 12.1. The van der Waals surface area contributed by atoms with Crippen molar-refractivity contribution in [3.8, 4) is 23.4 Å². The van der Waals surface area contributed by atoms with Gasteiger partial charge in [0.25, 0.3) is 0 Å². The second-order valence-corrected chi connectivity index (χ2v) is 5.33. The molecule has 0 aliphatic rings. The molecule has 0 atom stereocenters. The average molecular weight is 379 g/mol. The van der Waals surface area contributed by atoms with E-state index >= 15 is 0 Å². The summed E-state index contributed by atoms with van der Waals surface area (Å²) in [7, 11) is 2.72. The van der Waals surface area contributed by atoms with Crippen molar-refractivity contribution in [1.29, 1.82) is 0 Å². The van der Waals surface area contributed by atoms with Crippen LogP contribution in [0.4, 0.5) is 0 Å². The van der Waals surface area contributed by atoms with Gasteiger partial charge >= 0.3 is 12.0 Å². The zero-order chi connectivity index (χ0) is 19.8. The van der Waals surface area contributed by atoms with Gasteiger partial charge in [-0.25, -0.2) is 19.7 Å². The van der Waals surface area contributed by atoms with Crippen LogP contribution in [0, 0.1) is 0 Å². The Morgan fingerprint density at radius 3 is 2.32 bits per heavy atom. The second kappa shape index (κ2) is 9.13. The Hall–Kier alpha value is -3.94. The van der Waals surface area contributed by atoms with Crippen LogP contribution in [0.5, 0.6) is 23.4 Å². The summed E-state index contributed by atoms with van der Waals surface area (Å²) in [5, 5.41) is 0. The standard InChI is InChI=1S/C20H17N3O5/c1-25-13-17(19(24)26-2)16-8-4-9-21-18(16)27-14-6-3-7-15(12-14)28-20-22-10-5-11-23-20/h3-13H,1-2H3. The molecule has 3 aromatic rings. The summed E-state index contributed by atoms with van der Waals surface area (Å²) in [6.07, 6.45) is 6.00. The third kappa shape index (κ3) is 4.61. The van der Waals surface area contributed by atoms with Gasteiger partial charge in [-0.1, -0.05) is 6.07 Å². The first-order valence-electron chi connectivity index (χ1n) is 8.20. The summed E-state index contributed by atoms with van der Waals surface area (Å²) in [4.78, 5) is 24.3. The molecule has 0 fully saturated rings. The summed E-state index contributed by atoms with van der Waals surface area (Å²) >= 11 is 0. The zero-order valence-corrected chi connectivity index (χ0v) is 15.2. The lowest BCUT2D eigenvalue weighted by Gasteiger charge is -2.12. The molecule has 28 heavy (non-hydrogen) atoms. The van der Waals surface area contributed by atoms with Crippen molar-refractivity contribution >= 4 is 11.5 Å². The SMILES string of the molecule is COC=C(C(=O)OC)c1cccnc1Oc1cccc(Oc2ncccn2)c1. The molecule has 2 aromatic heterocycles. The van der Waals surface area contributed by atoms with Crippen LogP contribution in [0.25, 0.3) is 5.57 Å². The number of esters is 1. The van der Waals surface area contributed by atoms with E-state index in [0.717, 1.165) is 0 Å². The van der Waals surface area contributed by atoms with Gasteiger partial charge in [-0.3, -0.25) is 0 Å². The van der Waals surface area contributed by atoms with E-state index < -0.39 is 5.97 Å².